The number of fused-ring (bicyclic) bond motifs is 1. The molecule has 1 aliphatic rings. The van der Waals surface area contributed by atoms with Gasteiger partial charge in [0.15, 0.2) is 6.61 Å². The first-order chi connectivity index (χ1) is 8.54. The number of rotatable bonds is 3. The third-order valence-electron chi connectivity index (χ3n) is 2.49. The average Bonchev–Trinajstić information content (AvgIpc) is 2.28. The van der Waals surface area contributed by atoms with Crippen LogP contribution < -0.4 is 15.4 Å². The molecule has 1 aromatic carbocycles. The normalized spacial score (nSPS) is 13.6. The van der Waals surface area contributed by atoms with E-state index in [4.69, 9.17) is 4.74 Å². The summed E-state index contributed by atoms with van der Waals surface area (Å²) >= 11 is 0. The molecule has 2 amide bonds. The van der Waals surface area contributed by atoms with Crippen molar-refractivity contribution in [3.05, 3.63) is 18.2 Å². The van der Waals surface area contributed by atoms with Gasteiger partial charge >= 0.3 is 0 Å². The van der Waals surface area contributed by atoms with Crippen molar-refractivity contribution in [2.45, 2.75) is 20.3 Å². The van der Waals surface area contributed by atoms with E-state index in [9.17, 15) is 9.59 Å². The van der Waals surface area contributed by atoms with Crippen molar-refractivity contribution in [2.24, 2.45) is 5.92 Å². The van der Waals surface area contributed by atoms with E-state index in [0.29, 0.717) is 29.5 Å². The quantitative estimate of drug-likeness (QED) is 0.859. The monoisotopic (exact) mass is 248 g/mol. The van der Waals surface area contributed by atoms with Crippen molar-refractivity contribution in [2.75, 3.05) is 17.2 Å². The molecular weight excluding hydrogens is 232 g/mol. The Bertz CT molecular complexity index is 483. The molecule has 2 N–H and O–H groups in total. The van der Waals surface area contributed by atoms with Gasteiger partial charge < -0.3 is 15.4 Å². The third kappa shape index (κ3) is 3.00. The van der Waals surface area contributed by atoms with Gasteiger partial charge in [-0.25, -0.2) is 0 Å². The zero-order valence-corrected chi connectivity index (χ0v) is 10.4. The van der Waals surface area contributed by atoms with Gasteiger partial charge in [-0.1, -0.05) is 13.8 Å². The molecule has 5 heteroatoms. The van der Waals surface area contributed by atoms with Gasteiger partial charge in [0.1, 0.15) is 5.75 Å². The number of benzene rings is 1. The topological polar surface area (TPSA) is 67.4 Å². The molecule has 0 saturated heterocycles. The van der Waals surface area contributed by atoms with E-state index in [1.807, 2.05) is 13.8 Å². The number of anilines is 2. The van der Waals surface area contributed by atoms with Gasteiger partial charge in [-0.3, -0.25) is 9.59 Å². The van der Waals surface area contributed by atoms with Crippen molar-refractivity contribution in [1.82, 2.24) is 0 Å². The summed E-state index contributed by atoms with van der Waals surface area (Å²) in [5.41, 5.74) is 1.31. The molecule has 0 aromatic heterocycles. The second kappa shape index (κ2) is 5.08. The molecule has 2 rings (SSSR count). The second-order valence-electron chi connectivity index (χ2n) is 4.69. The predicted octanol–water partition coefficient (Wildman–Crippen LogP) is 2.00. The standard InChI is InChI=1S/C13H16N2O3/c1-8(2)5-12(16)14-9-3-4-10-11(6-9)18-7-13(17)15-10/h3-4,6,8H,5,7H2,1-2H3,(H,14,16)(H,15,17). The fourth-order valence-electron chi connectivity index (χ4n) is 1.74. The van der Waals surface area contributed by atoms with Crippen LogP contribution in [0.2, 0.25) is 0 Å². The average molecular weight is 248 g/mol. The van der Waals surface area contributed by atoms with E-state index in [0.717, 1.165) is 0 Å². The minimum atomic E-state index is -0.168. The summed E-state index contributed by atoms with van der Waals surface area (Å²) in [6.45, 7) is 3.99. The van der Waals surface area contributed by atoms with Gasteiger partial charge in [-0.15, -0.1) is 0 Å². The number of hydrogen-bond donors (Lipinski definition) is 2. The molecule has 1 aromatic rings. The minimum absolute atomic E-state index is 0.0103. The second-order valence-corrected chi connectivity index (χ2v) is 4.69. The Balaban J connectivity index is 2.07. The first-order valence-electron chi connectivity index (χ1n) is 5.91. The van der Waals surface area contributed by atoms with Crippen molar-refractivity contribution in [3.8, 4) is 5.75 Å². The number of carbonyl (C=O) groups excluding carboxylic acids is 2. The first-order valence-corrected chi connectivity index (χ1v) is 5.91. The number of nitrogens with one attached hydrogen (secondary N) is 2. The van der Waals surface area contributed by atoms with E-state index in [2.05, 4.69) is 10.6 Å². The van der Waals surface area contributed by atoms with Crippen LogP contribution in [0.15, 0.2) is 18.2 Å². The Kier molecular flexibility index (Phi) is 3.50. The van der Waals surface area contributed by atoms with Gasteiger partial charge in [-0.2, -0.15) is 0 Å². The summed E-state index contributed by atoms with van der Waals surface area (Å²) in [4.78, 5) is 22.7. The van der Waals surface area contributed by atoms with Gasteiger partial charge in [-0.05, 0) is 18.1 Å². The van der Waals surface area contributed by atoms with Gasteiger partial charge in [0.05, 0.1) is 5.69 Å². The first kappa shape index (κ1) is 12.4. The summed E-state index contributed by atoms with van der Waals surface area (Å²) in [6.07, 6.45) is 0.481. The Labute approximate surface area is 106 Å². The highest BCUT2D eigenvalue weighted by Crippen LogP contribution is 2.30. The molecule has 5 nitrogen and oxygen atoms in total. The number of carbonyl (C=O) groups is 2. The van der Waals surface area contributed by atoms with Crippen LogP contribution in [-0.2, 0) is 9.59 Å². The molecule has 0 radical (unpaired) electrons. The lowest BCUT2D eigenvalue weighted by Gasteiger charge is -2.18. The Hall–Kier alpha value is -2.04. The van der Waals surface area contributed by atoms with Crippen LogP contribution in [0.1, 0.15) is 20.3 Å². The molecule has 0 bridgehead atoms. The maximum absolute atomic E-state index is 11.6. The van der Waals surface area contributed by atoms with Crippen LogP contribution in [0.5, 0.6) is 5.75 Å². The number of amides is 2. The molecular formula is C13H16N2O3. The van der Waals surface area contributed by atoms with Crippen LogP contribution in [0.25, 0.3) is 0 Å². The molecule has 96 valence electrons. The maximum atomic E-state index is 11.6. The van der Waals surface area contributed by atoms with Crippen LogP contribution >= 0.6 is 0 Å². The van der Waals surface area contributed by atoms with Crippen molar-refractivity contribution >= 4 is 23.2 Å². The highest BCUT2D eigenvalue weighted by Gasteiger charge is 2.16. The molecule has 0 atom stereocenters. The zero-order chi connectivity index (χ0) is 13.1. The lowest BCUT2D eigenvalue weighted by Crippen LogP contribution is -2.25. The van der Waals surface area contributed by atoms with E-state index in [1.54, 1.807) is 18.2 Å². The van der Waals surface area contributed by atoms with Crippen LogP contribution in [0.3, 0.4) is 0 Å². The van der Waals surface area contributed by atoms with Crippen LogP contribution in [0.4, 0.5) is 11.4 Å². The van der Waals surface area contributed by atoms with E-state index in [-0.39, 0.29) is 18.4 Å². The van der Waals surface area contributed by atoms with Crippen molar-refractivity contribution in [3.63, 3.8) is 0 Å². The summed E-state index contributed by atoms with van der Waals surface area (Å²) in [6, 6.07) is 5.18. The Morgan fingerprint density at radius 1 is 1.50 bits per heavy atom. The molecule has 0 fully saturated rings. The lowest BCUT2D eigenvalue weighted by molar-refractivity contribution is -0.119. The van der Waals surface area contributed by atoms with E-state index >= 15 is 0 Å². The minimum Gasteiger partial charge on any atom is -0.482 e. The van der Waals surface area contributed by atoms with Gasteiger partial charge in [0.2, 0.25) is 5.91 Å². The molecule has 0 spiro atoms. The third-order valence-corrected chi connectivity index (χ3v) is 2.49. The molecule has 0 saturated carbocycles. The fraction of sp³-hybridized carbons (Fsp3) is 0.385. The molecule has 0 aliphatic carbocycles. The summed E-state index contributed by atoms with van der Waals surface area (Å²) in [5, 5.41) is 5.50. The largest absolute Gasteiger partial charge is 0.482 e. The number of hydrogen-bond acceptors (Lipinski definition) is 3. The SMILES string of the molecule is CC(C)CC(=O)Nc1ccc2c(c1)OCC(=O)N2. The fourth-order valence-corrected chi connectivity index (χ4v) is 1.74. The summed E-state index contributed by atoms with van der Waals surface area (Å²) in [7, 11) is 0. The summed E-state index contributed by atoms with van der Waals surface area (Å²) in [5.74, 6) is 0.707. The molecule has 18 heavy (non-hydrogen) atoms. The number of ether oxygens (including phenoxy) is 1. The summed E-state index contributed by atoms with van der Waals surface area (Å²) < 4.78 is 5.28. The molecule has 1 aliphatic heterocycles. The predicted molar refractivity (Wildman–Crippen MR) is 68.7 cm³/mol. The Morgan fingerprint density at radius 2 is 2.28 bits per heavy atom. The van der Waals surface area contributed by atoms with Crippen LogP contribution in [0, 0.1) is 5.92 Å². The molecule has 1 heterocycles. The zero-order valence-electron chi connectivity index (χ0n) is 10.4. The molecule has 0 unspecified atom stereocenters. The van der Waals surface area contributed by atoms with Crippen LogP contribution in [-0.4, -0.2) is 18.4 Å². The van der Waals surface area contributed by atoms with E-state index in [1.165, 1.54) is 0 Å². The highest BCUT2D eigenvalue weighted by atomic mass is 16.5. The lowest BCUT2D eigenvalue weighted by atomic mass is 10.1. The highest BCUT2D eigenvalue weighted by molar-refractivity contribution is 5.97. The Morgan fingerprint density at radius 3 is 3.00 bits per heavy atom. The van der Waals surface area contributed by atoms with Gasteiger partial charge in [0, 0.05) is 18.2 Å². The maximum Gasteiger partial charge on any atom is 0.262 e. The van der Waals surface area contributed by atoms with Gasteiger partial charge in [0.25, 0.3) is 5.91 Å². The smallest absolute Gasteiger partial charge is 0.262 e. The van der Waals surface area contributed by atoms with Crippen molar-refractivity contribution in [1.29, 1.82) is 0 Å². The van der Waals surface area contributed by atoms with E-state index < -0.39 is 0 Å². The van der Waals surface area contributed by atoms with Crippen molar-refractivity contribution < 1.29 is 14.3 Å².